The van der Waals surface area contributed by atoms with E-state index in [1.165, 1.54) is 205 Å². The molecule has 1 aliphatic heterocycles. The first-order valence-corrected chi connectivity index (χ1v) is 30.5. The lowest BCUT2D eigenvalue weighted by atomic mass is 9.99. The summed E-state index contributed by atoms with van der Waals surface area (Å²) in [5.74, 6) is -0.625. The van der Waals surface area contributed by atoms with Gasteiger partial charge in [-0.15, -0.1) is 0 Å². The first kappa shape index (κ1) is 68.1. The van der Waals surface area contributed by atoms with Gasteiger partial charge >= 0.3 is 0 Å². The largest absolute Gasteiger partial charge is 0.394 e. The molecule has 1 saturated heterocycles. The van der Waals surface area contributed by atoms with E-state index in [0.717, 1.165) is 38.5 Å². The Bertz CT molecular complexity index is 1290. The Morgan fingerprint density at radius 3 is 1.29 bits per heavy atom. The third-order valence-corrected chi connectivity index (χ3v) is 14.5. The van der Waals surface area contributed by atoms with Gasteiger partial charge in [0.2, 0.25) is 5.91 Å². The Hall–Kier alpha value is -1.89. The number of allylic oxidation sites excluding steroid dienone is 7. The van der Waals surface area contributed by atoms with Crippen LogP contribution in [0.3, 0.4) is 0 Å². The Labute approximate surface area is 442 Å². The Kier molecular flexibility index (Phi) is 48.5. The maximum absolute atomic E-state index is 13.1. The van der Waals surface area contributed by atoms with E-state index < -0.39 is 61.5 Å². The molecule has 1 aliphatic rings. The number of carbonyl (C=O) groups excluding carboxylic acids is 1. The van der Waals surface area contributed by atoms with Crippen molar-refractivity contribution in [3.63, 3.8) is 0 Å². The van der Waals surface area contributed by atoms with Gasteiger partial charge in [0.15, 0.2) is 6.29 Å². The Balaban J connectivity index is 2.14. The fraction of sp³-hybridized carbons (Fsp3) is 0.855. The predicted octanol–water partition coefficient (Wildman–Crippen LogP) is 14.3. The fourth-order valence-electron chi connectivity index (χ4n) is 9.56. The number of nitrogens with one attached hydrogen (secondary N) is 1. The van der Waals surface area contributed by atoms with Crippen molar-refractivity contribution in [2.45, 2.75) is 326 Å². The van der Waals surface area contributed by atoms with E-state index in [0.29, 0.717) is 19.3 Å². The highest BCUT2D eigenvalue weighted by Gasteiger charge is 2.44. The molecule has 422 valence electrons. The first-order chi connectivity index (χ1) is 35.3. The molecule has 10 heteroatoms. The summed E-state index contributed by atoms with van der Waals surface area (Å²) < 4.78 is 11.2. The van der Waals surface area contributed by atoms with E-state index in [-0.39, 0.29) is 6.61 Å². The lowest BCUT2D eigenvalue weighted by Gasteiger charge is -2.40. The van der Waals surface area contributed by atoms with Crippen LogP contribution in [0.2, 0.25) is 0 Å². The molecule has 1 amide bonds. The van der Waals surface area contributed by atoms with Gasteiger partial charge in [-0.1, -0.05) is 262 Å². The highest BCUT2D eigenvalue weighted by Crippen LogP contribution is 2.23. The van der Waals surface area contributed by atoms with E-state index >= 15 is 0 Å². The van der Waals surface area contributed by atoms with E-state index in [9.17, 15) is 35.4 Å². The van der Waals surface area contributed by atoms with Crippen molar-refractivity contribution in [1.29, 1.82) is 0 Å². The van der Waals surface area contributed by atoms with Gasteiger partial charge in [0.05, 0.1) is 25.4 Å². The van der Waals surface area contributed by atoms with Crippen LogP contribution in [0.15, 0.2) is 48.6 Å². The molecule has 10 nitrogen and oxygen atoms in total. The minimum Gasteiger partial charge on any atom is -0.394 e. The van der Waals surface area contributed by atoms with Crippen molar-refractivity contribution in [3.8, 4) is 0 Å². The zero-order valence-corrected chi connectivity index (χ0v) is 46.6. The van der Waals surface area contributed by atoms with Crippen LogP contribution < -0.4 is 5.32 Å². The summed E-state index contributed by atoms with van der Waals surface area (Å²) in [5.41, 5.74) is 0. The molecule has 1 rings (SSSR count). The van der Waals surface area contributed by atoms with Crippen molar-refractivity contribution < 1.29 is 44.9 Å². The van der Waals surface area contributed by atoms with E-state index in [1.807, 2.05) is 6.08 Å². The molecular weight excluding hydrogens is 903 g/mol. The molecule has 0 aromatic heterocycles. The summed E-state index contributed by atoms with van der Waals surface area (Å²) in [7, 11) is 0. The van der Waals surface area contributed by atoms with Crippen molar-refractivity contribution in [2.24, 2.45) is 0 Å². The van der Waals surface area contributed by atoms with Crippen LogP contribution in [0.5, 0.6) is 0 Å². The number of aliphatic hydroxyl groups is 6. The summed E-state index contributed by atoms with van der Waals surface area (Å²) in [5, 5.41) is 64.9. The van der Waals surface area contributed by atoms with Gasteiger partial charge in [-0.25, -0.2) is 0 Å². The molecular formula is C62H115NO9. The lowest BCUT2D eigenvalue weighted by Crippen LogP contribution is -2.60. The smallest absolute Gasteiger partial charge is 0.249 e. The second-order valence-electron chi connectivity index (χ2n) is 21.3. The molecule has 8 atom stereocenters. The number of aliphatic hydroxyl groups excluding tert-OH is 6. The fourth-order valence-corrected chi connectivity index (χ4v) is 9.56. The summed E-state index contributed by atoms with van der Waals surface area (Å²) in [6, 6.07) is -0.997. The van der Waals surface area contributed by atoms with Crippen LogP contribution in [0.25, 0.3) is 0 Å². The van der Waals surface area contributed by atoms with Gasteiger partial charge in [-0.3, -0.25) is 4.79 Å². The lowest BCUT2D eigenvalue weighted by molar-refractivity contribution is -0.302. The van der Waals surface area contributed by atoms with Crippen molar-refractivity contribution >= 4 is 5.91 Å². The van der Waals surface area contributed by atoms with Gasteiger partial charge in [0.25, 0.3) is 0 Å². The topological polar surface area (TPSA) is 169 Å². The average molecular weight is 1020 g/mol. The summed E-state index contributed by atoms with van der Waals surface area (Å²) in [6.45, 7) is 3.60. The summed E-state index contributed by atoms with van der Waals surface area (Å²) in [6.07, 6.45) is 58.2. The van der Waals surface area contributed by atoms with E-state index in [1.54, 1.807) is 6.08 Å². The van der Waals surface area contributed by atoms with Gasteiger partial charge in [-0.05, 0) is 64.2 Å². The van der Waals surface area contributed by atoms with E-state index in [2.05, 4.69) is 55.6 Å². The number of ether oxygens (including phenoxy) is 2. The van der Waals surface area contributed by atoms with Crippen LogP contribution in [0, 0.1) is 0 Å². The molecule has 1 fully saturated rings. The minimum absolute atomic E-state index is 0.304. The molecule has 0 aromatic carbocycles. The average Bonchev–Trinajstić information content (AvgIpc) is 3.38. The van der Waals surface area contributed by atoms with Crippen LogP contribution in [-0.4, -0.2) is 98.7 Å². The molecule has 1 heterocycles. The zero-order valence-electron chi connectivity index (χ0n) is 46.6. The highest BCUT2D eigenvalue weighted by atomic mass is 16.7. The van der Waals surface area contributed by atoms with Crippen LogP contribution >= 0.6 is 0 Å². The number of hydrogen-bond donors (Lipinski definition) is 7. The van der Waals surface area contributed by atoms with Crippen molar-refractivity contribution in [2.75, 3.05) is 13.2 Å². The third-order valence-electron chi connectivity index (χ3n) is 14.5. The standard InChI is InChI=1S/C62H115NO9/c1-3-5-7-9-11-13-15-17-18-19-20-21-22-23-24-25-26-27-28-29-30-31-32-33-34-35-36-37-39-41-43-45-47-49-51-56(66)61(70)63-54(53-71-62-60(69)59(68)58(67)57(52-64)72-62)55(65)50-48-46-44-42-40-38-16-14-12-10-8-6-4-2/h22-23,25-26,40,42,48,50,54-60,62,64-69H,3-21,24,27-39,41,43-47,49,51-53H2,1-2H3,(H,63,70)/b23-22-,26-25-,42-40+,50-48+. The van der Waals surface area contributed by atoms with Crippen molar-refractivity contribution in [1.82, 2.24) is 5.32 Å². The predicted molar refractivity (Wildman–Crippen MR) is 301 cm³/mol. The number of rotatable bonds is 52. The molecule has 0 spiro atoms. The quantitative estimate of drug-likeness (QED) is 0.0232. The maximum Gasteiger partial charge on any atom is 0.249 e. The molecule has 0 aliphatic carbocycles. The van der Waals surface area contributed by atoms with Crippen molar-refractivity contribution in [3.05, 3.63) is 48.6 Å². The van der Waals surface area contributed by atoms with Crippen LogP contribution in [0.1, 0.15) is 277 Å². The summed E-state index contributed by atoms with van der Waals surface area (Å²) in [4.78, 5) is 13.1. The highest BCUT2D eigenvalue weighted by molar-refractivity contribution is 5.80. The van der Waals surface area contributed by atoms with E-state index in [4.69, 9.17) is 9.47 Å². The van der Waals surface area contributed by atoms with Gasteiger partial charge in [0, 0.05) is 0 Å². The molecule has 8 unspecified atom stereocenters. The third kappa shape index (κ3) is 39.5. The maximum atomic E-state index is 13.1. The molecule has 7 N–H and O–H groups in total. The number of unbranched alkanes of at least 4 members (excludes halogenated alkanes) is 35. The van der Waals surface area contributed by atoms with Gasteiger partial charge < -0.3 is 45.4 Å². The summed E-state index contributed by atoms with van der Waals surface area (Å²) >= 11 is 0. The second kappa shape index (κ2) is 51.2. The number of hydrogen-bond acceptors (Lipinski definition) is 9. The molecule has 0 radical (unpaired) electrons. The number of carbonyl (C=O) groups is 1. The molecule has 0 saturated carbocycles. The Morgan fingerprint density at radius 1 is 0.486 bits per heavy atom. The van der Waals surface area contributed by atoms with Crippen LogP contribution in [-0.2, 0) is 14.3 Å². The zero-order chi connectivity index (χ0) is 52.4. The first-order valence-electron chi connectivity index (χ1n) is 30.5. The molecule has 0 aromatic rings. The molecule has 0 bridgehead atoms. The Morgan fingerprint density at radius 2 is 0.861 bits per heavy atom. The monoisotopic (exact) mass is 1020 g/mol. The van der Waals surface area contributed by atoms with Gasteiger partial charge in [-0.2, -0.15) is 0 Å². The minimum atomic E-state index is -1.62. The number of amides is 1. The molecule has 72 heavy (non-hydrogen) atoms. The van der Waals surface area contributed by atoms with Gasteiger partial charge in [0.1, 0.15) is 30.5 Å². The second-order valence-corrected chi connectivity index (χ2v) is 21.3. The normalized spacial score (nSPS) is 19.9. The SMILES string of the molecule is CCCCCCCCC/C=C/CC/C=C/C(O)C(COC1OC(CO)C(O)C(O)C1O)NC(=O)C(O)CCCCCCCCCCCCCCCCCC/C=C\C/C=C\CCCCCCCCCCCCC. The van der Waals surface area contributed by atoms with Crippen LogP contribution in [0.4, 0.5) is 0 Å².